The number of nitrogens with zero attached hydrogens (tertiary/aromatic N) is 3. The van der Waals surface area contributed by atoms with Crippen LogP contribution in [0.15, 0.2) is 0 Å². The smallest absolute Gasteiger partial charge is 0.416 e. The molecule has 1 aromatic rings. The highest BCUT2D eigenvalue weighted by molar-refractivity contribution is 7.19. The highest BCUT2D eigenvalue weighted by atomic mass is 32.1. The summed E-state index contributed by atoms with van der Waals surface area (Å²) in [6.07, 6.45) is -0.425. The molecular weight excluding hydrogens is 204 g/mol. The van der Waals surface area contributed by atoms with E-state index in [0.29, 0.717) is 23.4 Å². The number of rotatable bonds is 3. The molecular formula is C7H12N4O2S. The molecule has 14 heavy (non-hydrogen) atoms. The number of amides is 1. The average molecular weight is 216 g/mol. The predicted molar refractivity (Wildman–Crippen MR) is 54.4 cm³/mol. The van der Waals surface area contributed by atoms with E-state index in [-0.39, 0.29) is 0 Å². The first kappa shape index (κ1) is 10.7. The zero-order valence-corrected chi connectivity index (χ0v) is 8.87. The van der Waals surface area contributed by atoms with Gasteiger partial charge in [-0.05, 0) is 13.8 Å². The summed E-state index contributed by atoms with van der Waals surface area (Å²) in [6, 6.07) is 0. The maximum atomic E-state index is 11.4. The molecule has 0 aliphatic carbocycles. The summed E-state index contributed by atoms with van der Waals surface area (Å²) in [5.74, 6) is 0. The number of nitrogens with two attached hydrogens (primary N) is 1. The van der Waals surface area contributed by atoms with Gasteiger partial charge >= 0.3 is 6.09 Å². The van der Waals surface area contributed by atoms with Crippen LogP contribution in [0.1, 0.15) is 13.8 Å². The topological polar surface area (TPSA) is 81.3 Å². The molecule has 0 bridgehead atoms. The van der Waals surface area contributed by atoms with E-state index in [0.717, 1.165) is 11.3 Å². The molecule has 1 rings (SSSR count). The van der Waals surface area contributed by atoms with Crippen molar-refractivity contribution >= 4 is 27.7 Å². The van der Waals surface area contributed by atoms with Crippen molar-refractivity contribution in [2.75, 3.05) is 23.8 Å². The van der Waals surface area contributed by atoms with Crippen molar-refractivity contribution < 1.29 is 9.53 Å². The summed E-state index contributed by atoms with van der Waals surface area (Å²) in [5.41, 5.74) is 5.41. The summed E-state index contributed by atoms with van der Waals surface area (Å²) in [6.45, 7) is 4.39. The molecule has 78 valence electrons. The number of carbonyl (C=O) groups excluding carboxylic acids is 1. The van der Waals surface area contributed by atoms with Crippen molar-refractivity contribution in [3.05, 3.63) is 0 Å². The number of carbonyl (C=O) groups is 1. The second kappa shape index (κ2) is 4.75. The van der Waals surface area contributed by atoms with Gasteiger partial charge in [-0.2, -0.15) is 0 Å². The first-order valence-corrected chi connectivity index (χ1v) is 5.04. The van der Waals surface area contributed by atoms with Crippen LogP contribution in [0.25, 0.3) is 0 Å². The molecule has 0 saturated heterocycles. The Balaban J connectivity index is 2.76. The van der Waals surface area contributed by atoms with Gasteiger partial charge in [0.2, 0.25) is 10.3 Å². The monoisotopic (exact) mass is 216 g/mol. The first-order valence-electron chi connectivity index (χ1n) is 4.22. The van der Waals surface area contributed by atoms with E-state index in [1.807, 2.05) is 6.92 Å². The highest BCUT2D eigenvalue weighted by Crippen LogP contribution is 2.21. The van der Waals surface area contributed by atoms with Crippen LogP contribution >= 0.6 is 11.3 Å². The molecule has 0 unspecified atom stereocenters. The zero-order chi connectivity index (χ0) is 10.6. The minimum absolute atomic E-state index is 0.336. The van der Waals surface area contributed by atoms with Crippen LogP contribution in [0.4, 0.5) is 15.1 Å². The summed E-state index contributed by atoms with van der Waals surface area (Å²) in [5, 5.41) is 8.18. The molecule has 0 aliphatic heterocycles. The number of ether oxygens (including phenoxy) is 1. The number of aromatic nitrogens is 2. The lowest BCUT2D eigenvalue weighted by Crippen LogP contribution is -2.31. The van der Waals surface area contributed by atoms with Crippen LogP contribution in [0.2, 0.25) is 0 Å². The van der Waals surface area contributed by atoms with Gasteiger partial charge in [-0.3, -0.25) is 4.90 Å². The Morgan fingerprint density at radius 3 is 2.71 bits per heavy atom. The van der Waals surface area contributed by atoms with E-state index in [2.05, 4.69) is 10.2 Å². The van der Waals surface area contributed by atoms with Gasteiger partial charge in [0, 0.05) is 6.54 Å². The third-order valence-corrected chi connectivity index (χ3v) is 2.24. The molecule has 7 heteroatoms. The fraction of sp³-hybridized carbons (Fsp3) is 0.571. The van der Waals surface area contributed by atoms with Crippen molar-refractivity contribution in [1.29, 1.82) is 0 Å². The van der Waals surface area contributed by atoms with Crippen LogP contribution < -0.4 is 10.6 Å². The Hall–Kier alpha value is -1.37. The fourth-order valence-electron chi connectivity index (χ4n) is 0.879. The van der Waals surface area contributed by atoms with Crippen LogP contribution in [0.5, 0.6) is 0 Å². The van der Waals surface area contributed by atoms with Crippen LogP contribution in [0.3, 0.4) is 0 Å². The minimum atomic E-state index is -0.425. The molecule has 0 spiro atoms. The Labute approximate surface area is 85.7 Å². The van der Waals surface area contributed by atoms with E-state index in [1.54, 1.807) is 6.92 Å². The van der Waals surface area contributed by atoms with Gasteiger partial charge in [0.1, 0.15) is 0 Å². The van der Waals surface area contributed by atoms with E-state index in [4.69, 9.17) is 10.5 Å². The van der Waals surface area contributed by atoms with Gasteiger partial charge in [-0.15, -0.1) is 10.2 Å². The maximum Gasteiger partial charge on any atom is 0.416 e. The molecule has 1 aromatic heterocycles. The Kier molecular flexibility index (Phi) is 3.63. The lowest BCUT2D eigenvalue weighted by molar-refractivity contribution is 0.160. The Bertz CT molecular complexity index is 314. The molecule has 0 fully saturated rings. The maximum absolute atomic E-state index is 11.4. The highest BCUT2D eigenvalue weighted by Gasteiger charge is 2.18. The molecule has 2 N–H and O–H groups in total. The standard InChI is InChI=1S/C7H12N4O2S/c1-3-11(7(12)13-4-2)6-10-9-5(8)14-6/h3-4H2,1-2H3,(H2,8,9). The average Bonchev–Trinajstić information content (AvgIpc) is 2.54. The lowest BCUT2D eigenvalue weighted by Gasteiger charge is -2.15. The number of anilines is 2. The third-order valence-electron chi connectivity index (χ3n) is 1.47. The largest absolute Gasteiger partial charge is 0.449 e. The molecule has 0 radical (unpaired) electrons. The van der Waals surface area contributed by atoms with Gasteiger partial charge in [-0.25, -0.2) is 4.79 Å². The van der Waals surface area contributed by atoms with Crippen molar-refractivity contribution in [3.8, 4) is 0 Å². The fourth-order valence-corrected chi connectivity index (χ4v) is 1.54. The second-order valence-electron chi connectivity index (χ2n) is 2.37. The third kappa shape index (κ3) is 2.32. The molecule has 0 saturated carbocycles. The lowest BCUT2D eigenvalue weighted by atomic mass is 10.6. The minimum Gasteiger partial charge on any atom is -0.449 e. The second-order valence-corrected chi connectivity index (χ2v) is 3.35. The molecule has 0 atom stereocenters. The number of hydrogen-bond acceptors (Lipinski definition) is 6. The zero-order valence-electron chi connectivity index (χ0n) is 8.06. The van der Waals surface area contributed by atoms with Crippen LogP contribution in [-0.2, 0) is 4.74 Å². The van der Waals surface area contributed by atoms with E-state index < -0.39 is 6.09 Å². The van der Waals surface area contributed by atoms with Gasteiger partial charge in [0.05, 0.1) is 6.61 Å². The van der Waals surface area contributed by atoms with E-state index in [1.165, 1.54) is 4.90 Å². The SMILES string of the molecule is CCOC(=O)N(CC)c1nnc(N)s1. The molecule has 0 aromatic carbocycles. The molecule has 6 nitrogen and oxygen atoms in total. The van der Waals surface area contributed by atoms with Crippen LogP contribution in [-0.4, -0.2) is 29.4 Å². The van der Waals surface area contributed by atoms with Gasteiger partial charge < -0.3 is 10.5 Å². The summed E-state index contributed by atoms with van der Waals surface area (Å²) < 4.78 is 4.84. The number of hydrogen-bond donors (Lipinski definition) is 1. The molecule has 1 amide bonds. The van der Waals surface area contributed by atoms with Gasteiger partial charge in [0.25, 0.3) is 0 Å². The molecule has 0 aliphatic rings. The van der Waals surface area contributed by atoms with Crippen molar-refractivity contribution in [2.45, 2.75) is 13.8 Å². The summed E-state index contributed by atoms with van der Waals surface area (Å²) in [4.78, 5) is 12.8. The summed E-state index contributed by atoms with van der Waals surface area (Å²) in [7, 11) is 0. The normalized spacial score (nSPS) is 9.86. The quantitative estimate of drug-likeness (QED) is 0.818. The van der Waals surface area contributed by atoms with E-state index in [9.17, 15) is 4.79 Å². The van der Waals surface area contributed by atoms with Gasteiger partial charge in [-0.1, -0.05) is 11.3 Å². The summed E-state index contributed by atoms with van der Waals surface area (Å²) >= 11 is 1.16. The molecule has 1 heterocycles. The van der Waals surface area contributed by atoms with Crippen molar-refractivity contribution in [2.24, 2.45) is 0 Å². The predicted octanol–water partition coefficient (Wildman–Crippen LogP) is 1.10. The number of nitrogen functional groups attached to an aromatic ring is 1. The van der Waals surface area contributed by atoms with Crippen molar-refractivity contribution in [1.82, 2.24) is 10.2 Å². The van der Waals surface area contributed by atoms with Gasteiger partial charge in [0.15, 0.2) is 0 Å². The first-order chi connectivity index (χ1) is 6.69. The van der Waals surface area contributed by atoms with Crippen LogP contribution in [0, 0.1) is 0 Å². The Morgan fingerprint density at radius 1 is 1.57 bits per heavy atom. The van der Waals surface area contributed by atoms with E-state index >= 15 is 0 Å². The Morgan fingerprint density at radius 2 is 2.29 bits per heavy atom. The van der Waals surface area contributed by atoms with Crippen molar-refractivity contribution in [3.63, 3.8) is 0 Å².